The molecule has 0 bridgehead atoms. The number of ether oxygens (including phenoxy) is 2. The molecule has 0 amide bonds. The summed E-state index contributed by atoms with van der Waals surface area (Å²) in [6.07, 6.45) is 9.50. The predicted molar refractivity (Wildman–Crippen MR) is 86.2 cm³/mol. The van der Waals surface area contributed by atoms with E-state index < -0.39 is 0 Å². The van der Waals surface area contributed by atoms with Gasteiger partial charge in [0.2, 0.25) is 0 Å². The smallest absolute Gasteiger partial charge is 0.309 e. The fraction of sp³-hybridized carbons (Fsp3) is 0.667. The lowest BCUT2D eigenvalue weighted by Gasteiger charge is -2.19. The van der Waals surface area contributed by atoms with Crippen LogP contribution in [0.1, 0.15) is 53.4 Å². The fourth-order valence-electron chi connectivity index (χ4n) is 2.10. The third kappa shape index (κ3) is 6.92. The first kappa shape index (κ1) is 18.5. The average Bonchev–Trinajstić information content (AvgIpc) is 2.46. The van der Waals surface area contributed by atoms with Crippen molar-refractivity contribution < 1.29 is 19.1 Å². The van der Waals surface area contributed by atoms with E-state index in [9.17, 15) is 9.59 Å². The van der Waals surface area contributed by atoms with E-state index >= 15 is 0 Å². The van der Waals surface area contributed by atoms with E-state index in [1.165, 1.54) is 0 Å². The van der Waals surface area contributed by atoms with E-state index in [0.717, 1.165) is 6.42 Å². The van der Waals surface area contributed by atoms with Crippen molar-refractivity contribution in [3.63, 3.8) is 0 Å². The van der Waals surface area contributed by atoms with Gasteiger partial charge in [0.1, 0.15) is 12.2 Å². The van der Waals surface area contributed by atoms with E-state index in [1.54, 1.807) is 0 Å². The molecule has 0 radical (unpaired) electrons. The van der Waals surface area contributed by atoms with Crippen LogP contribution in [0.5, 0.6) is 0 Å². The molecule has 0 aromatic carbocycles. The van der Waals surface area contributed by atoms with Gasteiger partial charge in [0, 0.05) is 12.3 Å². The highest BCUT2D eigenvalue weighted by Gasteiger charge is 2.17. The Kier molecular flexibility index (Phi) is 7.92. The zero-order valence-corrected chi connectivity index (χ0v) is 14.1. The Morgan fingerprint density at radius 3 is 2.32 bits per heavy atom. The summed E-state index contributed by atoms with van der Waals surface area (Å²) in [5.74, 6) is -0.0233. The standard InChI is InChI=1S/C18H28O4/c1-13-9-5-7-11-18(20)22-16(4)14(2)10-6-8-12-17(19)21-15(13)3/h5-7,10,13-16H,8-9,11-12H2,1-4H3/b7-5+,10-6+. The number of rotatable bonds is 0. The van der Waals surface area contributed by atoms with E-state index in [-0.39, 0.29) is 42.4 Å². The number of hydrogen-bond acceptors (Lipinski definition) is 4. The Morgan fingerprint density at radius 2 is 1.59 bits per heavy atom. The molecule has 1 aliphatic heterocycles. The molecule has 0 spiro atoms. The van der Waals surface area contributed by atoms with Crippen LogP contribution in [0.2, 0.25) is 0 Å². The van der Waals surface area contributed by atoms with E-state index in [4.69, 9.17) is 9.47 Å². The van der Waals surface area contributed by atoms with Gasteiger partial charge in [0.05, 0.1) is 6.42 Å². The van der Waals surface area contributed by atoms with Crippen LogP contribution in [0, 0.1) is 11.8 Å². The third-order valence-electron chi connectivity index (χ3n) is 4.09. The van der Waals surface area contributed by atoms with Crippen LogP contribution in [0.15, 0.2) is 24.3 Å². The highest BCUT2D eigenvalue weighted by molar-refractivity contribution is 5.71. The van der Waals surface area contributed by atoms with Crippen molar-refractivity contribution in [3.8, 4) is 0 Å². The van der Waals surface area contributed by atoms with Crippen molar-refractivity contribution in [2.24, 2.45) is 11.8 Å². The second-order valence-corrected chi connectivity index (χ2v) is 6.10. The minimum atomic E-state index is -0.205. The Bertz CT molecular complexity index is 425. The lowest BCUT2D eigenvalue weighted by atomic mass is 10.0. The van der Waals surface area contributed by atoms with Crippen LogP contribution < -0.4 is 0 Å². The van der Waals surface area contributed by atoms with Gasteiger partial charge < -0.3 is 9.47 Å². The maximum Gasteiger partial charge on any atom is 0.309 e. The second kappa shape index (κ2) is 9.44. The SMILES string of the molecule is CC1/C=C/CCC(=O)OC(C)C(C)C/C=C/CC(=O)OC1C. The molecule has 1 heterocycles. The molecule has 0 saturated carbocycles. The molecule has 0 aliphatic carbocycles. The second-order valence-electron chi connectivity index (χ2n) is 6.10. The molecule has 0 saturated heterocycles. The molecule has 0 N–H and O–H groups in total. The number of hydrogen-bond donors (Lipinski definition) is 0. The normalized spacial score (nSPS) is 35.3. The first-order valence-corrected chi connectivity index (χ1v) is 8.10. The van der Waals surface area contributed by atoms with Gasteiger partial charge in [-0.3, -0.25) is 9.59 Å². The minimum Gasteiger partial charge on any atom is -0.462 e. The van der Waals surface area contributed by atoms with Crippen LogP contribution in [0.4, 0.5) is 0 Å². The van der Waals surface area contributed by atoms with Crippen molar-refractivity contribution in [3.05, 3.63) is 24.3 Å². The van der Waals surface area contributed by atoms with Crippen molar-refractivity contribution in [1.29, 1.82) is 0 Å². The molecule has 4 nitrogen and oxygen atoms in total. The van der Waals surface area contributed by atoms with Crippen molar-refractivity contribution in [1.82, 2.24) is 0 Å². The van der Waals surface area contributed by atoms with E-state index in [2.05, 4.69) is 0 Å². The summed E-state index contributed by atoms with van der Waals surface area (Å²) in [7, 11) is 0. The molecule has 1 aliphatic rings. The highest BCUT2D eigenvalue weighted by atomic mass is 16.5. The lowest BCUT2D eigenvalue weighted by Crippen LogP contribution is -2.22. The number of carbonyl (C=O) groups is 2. The molecule has 4 heteroatoms. The van der Waals surface area contributed by atoms with Crippen molar-refractivity contribution >= 4 is 11.9 Å². The zero-order chi connectivity index (χ0) is 16.5. The Hall–Kier alpha value is -1.58. The topological polar surface area (TPSA) is 52.6 Å². The quantitative estimate of drug-likeness (QED) is 0.504. The molecule has 0 aromatic rings. The molecule has 22 heavy (non-hydrogen) atoms. The summed E-state index contributed by atoms with van der Waals surface area (Å²) in [6, 6.07) is 0. The van der Waals surface area contributed by atoms with Gasteiger partial charge in [-0.2, -0.15) is 0 Å². The molecule has 124 valence electrons. The van der Waals surface area contributed by atoms with Crippen LogP contribution >= 0.6 is 0 Å². The minimum absolute atomic E-state index is 0.121. The predicted octanol–water partition coefficient (Wildman–Crippen LogP) is 3.81. The Labute approximate surface area is 133 Å². The molecular weight excluding hydrogens is 280 g/mol. The van der Waals surface area contributed by atoms with Gasteiger partial charge in [-0.25, -0.2) is 0 Å². The van der Waals surface area contributed by atoms with E-state index in [0.29, 0.717) is 12.8 Å². The highest BCUT2D eigenvalue weighted by Crippen LogP contribution is 2.15. The van der Waals surface area contributed by atoms with Crippen LogP contribution in [0.25, 0.3) is 0 Å². The largest absolute Gasteiger partial charge is 0.462 e. The summed E-state index contributed by atoms with van der Waals surface area (Å²) in [5.41, 5.74) is 0. The first-order valence-electron chi connectivity index (χ1n) is 8.10. The molecular formula is C18H28O4. The van der Waals surface area contributed by atoms with Gasteiger partial charge in [0.25, 0.3) is 0 Å². The maximum atomic E-state index is 11.8. The van der Waals surface area contributed by atoms with Crippen molar-refractivity contribution in [2.75, 3.05) is 0 Å². The number of cyclic esters (lactones) is 2. The molecule has 0 aromatic heterocycles. The van der Waals surface area contributed by atoms with E-state index in [1.807, 2.05) is 52.0 Å². The number of allylic oxidation sites excluding steroid dienone is 2. The lowest BCUT2D eigenvalue weighted by molar-refractivity contribution is -0.150. The van der Waals surface area contributed by atoms with Gasteiger partial charge in [0.15, 0.2) is 0 Å². The van der Waals surface area contributed by atoms with Gasteiger partial charge in [-0.1, -0.05) is 38.2 Å². The van der Waals surface area contributed by atoms with Gasteiger partial charge >= 0.3 is 11.9 Å². The van der Waals surface area contributed by atoms with Gasteiger partial charge in [-0.15, -0.1) is 0 Å². The first-order chi connectivity index (χ1) is 10.4. The summed E-state index contributed by atoms with van der Waals surface area (Å²) >= 11 is 0. The van der Waals surface area contributed by atoms with Crippen LogP contribution in [-0.4, -0.2) is 24.1 Å². The molecule has 4 unspecified atom stereocenters. The summed E-state index contributed by atoms with van der Waals surface area (Å²) in [5, 5.41) is 0. The molecule has 1 rings (SSSR count). The van der Waals surface area contributed by atoms with Crippen LogP contribution in [0.3, 0.4) is 0 Å². The fourth-order valence-corrected chi connectivity index (χ4v) is 2.10. The van der Waals surface area contributed by atoms with Gasteiger partial charge in [-0.05, 0) is 32.6 Å². The Morgan fingerprint density at radius 1 is 0.909 bits per heavy atom. The summed E-state index contributed by atoms with van der Waals surface area (Å²) in [6.45, 7) is 7.83. The molecule has 4 atom stereocenters. The average molecular weight is 308 g/mol. The summed E-state index contributed by atoms with van der Waals surface area (Å²) in [4.78, 5) is 23.5. The Balaban J connectivity index is 2.70. The monoisotopic (exact) mass is 308 g/mol. The maximum absolute atomic E-state index is 11.8. The van der Waals surface area contributed by atoms with Crippen LogP contribution in [-0.2, 0) is 19.1 Å². The van der Waals surface area contributed by atoms with Crippen molar-refractivity contribution in [2.45, 2.75) is 65.6 Å². The number of carbonyl (C=O) groups excluding carboxylic acids is 2. The zero-order valence-electron chi connectivity index (χ0n) is 14.1. The third-order valence-corrected chi connectivity index (χ3v) is 4.09. The number of esters is 2. The summed E-state index contributed by atoms with van der Waals surface area (Å²) < 4.78 is 10.8. The molecule has 0 fully saturated rings.